The molecule has 0 saturated heterocycles. The molecule has 15 aromatic rings. The zero-order valence-corrected chi connectivity index (χ0v) is 50.7. The van der Waals surface area contributed by atoms with Gasteiger partial charge in [0.05, 0.1) is 33.1 Å². The lowest BCUT2D eigenvalue weighted by molar-refractivity contribution is 0.570. The fraction of sp³-hybridized carbons (Fsp3) is 0.195. The van der Waals surface area contributed by atoms with E-state index in [1.54, 1.807) is 0 Å². The first-order chi connectivity index (χ1) is 40.3. The van der Waals surface area contributed by atoms with Gasteiger partial charge in [-0.25, -0.2) is 0 Å². The monoisotopic (exact) mass is 1080 g/mol. The van der Waals surface area contributed by atoms with Crippen LogP contribution in [0.1, 0.15) is 105 Å². The highest BCUT2D eigenvalue weighted by Gasteiger charge is 2.35. The number of rotatable bonds is 6. The predicted molar refractivity (Wildman–Crippen MR) is 363 cm³/mol. The third kappa shape index (κ3) is 7.61. The number of hydrogen-bond donors (Lipinski definition) is 0. The minimum absolute atomic E-state index is 0.147. The Morgan fingerprint density at radius 2 is 0.464 bits per heavy atom. The van der Waals surface area contributed by atoms with Crippen molar-refractivity contribution in [3.8, 4) is 66.8 Å². The van der Waals surface area contributed by atoms with Gasteiger partial charge in [-0.15, -0.1) is 0 Å². The Labute approximate surface area is 494 Å². The molecule has 0 bridgehead atoms. The van der Waals surface area contributed by atoms with Crippen molar-refractivity contribution in [2.24, 2.45) is 0 Å². The van der Waals surface area contributed by atoms with E-state index in [4.69, 9.17) is 0 Å². The van der Waals surface area contributed by atoms with Crippen LogP contribution in [-0.2, 0) is 21.7 Å². The van der Waals surface area contributed by atoms with Crippen molar-refractivity contribution >= 4 is 76.2 Å². The molecule has 0 aliphatic carbocycles. The number of hydrogen-bond acceptors (Lipinski definition) is 0. The van der Waals surface area contributed by atoms with Crippen LogP contribution in [0.25, 0.3) is 143 Å². The van der Waals surface area contributed by atoms with Gasteiger partial charge in [-0.3, -0.25) is 0 Å². The summed E-state index contributed by atoms with van der Waals surface area (Å²) in [5.74, 6) is 0. The highest BCUT2D eigenvalue weighted by Crippen LogP contribution is 2.56. The van der Waals surface area contributed by atoms with Gasteiger partial charge in [-0.05, 0) is 135 Å². The summed E-state index contributed by atoms with van der Waals surface area (Å²) >= 11 is 0. The third-order valence-electron chi connectivity index (χ3n) is 18.5. The Hall–Kier alpha value is -8.98. The van der Waals surface area contributed by atoms with E-state index in [0.29, 0.717) is 0 Å². The van der Waals surface area contributed by atoms with Gasteiger partial charge in [-0.1, -0.05) is 277 Å². The second-order valence-corrected chi connectivity index (χ2v) is 28.0. The molecule has 0 spiro atoms. The Balaban J connectivity index is 1.10. The van der Waals surface area contributed by atoms with Crippen LogP contribution in [0.4, 0.5) is 0 Å². The maximum Gasteiger partial charge on any atom is 0.0634 e. The number of benzene rings is 11. The molecule has 0 unspecified atom stereocenters. The van der Waals surface area contributed by atoms with Crippen LogP contribution in [0.15, 0.2) is 218 Å². The minimum Gasteiger partial charge on any atom is -0.308 e. The zero-order valence-electron chi connectivity index (χ0n) is 50.7. The number of para-hydroxylation sites is 2. The van der Waals surface area contributed by atoms with Crippen molar-refractivity contribution < 1.29 is 0 Å². The molecule has 0 fully saturated rings. The molecule has 84 heavy (non-hydrogen) atoms. The van der Waals surface area contributed by atoms with Gasteiger partial charge in [-0.2, -0.15) is 0 Å². The van der Waals surface area contributed by atoms with Gasteiger partial charge < -0.3 is 8.80 Å². The first-order valence-corrected chi connectivity index (χ1v) is 30.3. The molecular weight excluding hydrogens is 1010 g/mol. The maximum atomic E-state index is 2.64. The Morgan fingerprint density at radius 1 is 0.214 bits per heavy atom. The summed E-state index contributed by atoms with van der Waals surface area (Å²) < 4.78 is 5.28. The first-order valence-electron chi connectivity index (χ1n) is 30.3. The molecule has 15 rings (SSSR count). The van der Waals surface area contributed by atoms with Crippen molar-refractivity contribution in [1.29, 1.82) is 0 Å². The fourth-order valence-corrected chi connectivity index (χ4v) is 14.8. The quantitative estimate of drug-likeness (QED) is 0.157. The Bertz CT molecular complexity index is 4620. The molecule has 0 amide bonds. The molecule has 11 aromatic carbocycles. The van der Waals surface area contributed by atoms with E-state index < -0.39 is 0 Å². The largest absolute Gasteiger partial charge is 0.308 e. The van der Waals surface area contributed by atoms with Crippen LogP contribution in [0.2, 0.25) is 0 Å². The summed E-state index contributed by atoms with van der Waals surface area (Å²) in [5.41, 5.74) is 27.5. The predicted octanol–water partition coefficient (Wildman–Crippen LogP) is 23.2. The van der Waals surface area contributed by atoms with Crippen molar-refractivity contribution in [2.45, 2.75) is 105 Å². The summed E-state index contributed by atoms with van der Waals surface area (Å²) in [6.07, 6.45) is 0. The van der Waals surface area contributed by atoms with Gasteiger partial charge in [0.2, 0.25) is 0 Å². The Kier molecular flexibility index (Phi) is 11.3. The summed E-state index contributed by atoms with van der Waals surface area (Å²) in [6, 6.07) is 83.2. The second kappa shape index (κ2) is 18.3. The second-order valence-electron chi connectivity index (χ2n) is 28.0. The van der Waals surface area contributed by atoms with Crippen molar-refractivity contribution in [1.82, 2.24) is 8.80 Å². The summed E-state index contributed by atoms with van der Waals surface area (Å²) in [4.78, 5) is 0. The van der Waals surface area contributed by atoms with E-state index in [2.05, 4.69) is 310 Å². The first kappa shape index (κ1) is 51.9. The highest BCUT2D eigenvalue weighted by molar-refractivity contribution is 6.45. The molecule has 410 valence electrons. The molecule has 0 aliphatic rings. The average Bonchev–Trinajstić information content (AvgIpc) is 1.51. The molecule has 0 radical (unpaired) electrons. The molecule has 0 N–H and O–H groups in total. The molecule has 2 heteroatoms. The molecule has 2 nitrogen and oxygen atoms in total. The normalized spacial score (nSPS) is 13.0. The van der Waals surface area contributed by atoms with Crippen LogP contribution in [0.5, 0.6) is 0 Å². The summed E-state index contributed by atoms with van der Waals surface area (Å²) in [6.45, 7) is 28.6. The van der Waals surface area contributed by atoms with Gasteiger partial charge in [0.1, 0.15) is 0 Å². The lowest BCUT2D eigenvalue weighted by atomic mass is 9.70. The zero-order chi connectivity index (χ0) is 57.9. The molecule has 0 atom stereocenters. The average molecular weight is 1090 g/mol. The van der Waals surface area contributed by atoms with Gasteiger partial charge in [0, 0.05) is 43.1 Å². The van der Waals surface area contributed by atoms with E-state index >= 15 is 0 Å². The highest BCUT2D eigenvalue weighted by atomic mass is 14.9. The van der Waals surface area contributed by atoms with Crippen LogP contribution >= 0.6 is 0 Å². The molecule has 0 aliphatic heterocycles. The van der Waals surface area contributed by atoms with Crippen molar-refractivity contribution in [3.63, 3.8) is 0 Å². The van der Waals surface area contributed by atoms with Crippen LogP contribution in [-0.4, -0.2) is 8.80 Å². The molecule has 0 saturated carbocycles. The third-order valence-corrected chi connectivity index (χ3v) is 18.5. The smallest absolute Gasteiger partial charge is 0.0634 e. The van der Waals surface area contributed by atoms with E-state index in [1.807, 2.05) is 0 Å². The van der Waals surface area contributed by atoms with E-state index in [-0.39, 0.29) is 21.7 Å². The maximum absolute atomic E-state index is 2.64. The minimum atomic E-state index is -0.147. The van der Waals surface area contributed by atoms with Crippen molar-refractivity contribution in [3.05, 3.63) is 241 Å². The number of aromatic nitrogens is 2. The lowest BCUT2D eigenvalue weighted by Gasteiger charge is -2.33. The topological polar surface area (TPSA) is 8.82 Å². The van der Waals surface area contributed by atoms with Crippen LogP contribution in [0, 0.1) is 0 Å². The summed E-state index contributed by atoms with van der Waals surface area (Å²) in [7, 11) is 0. The lowest BCUT2D eigenvalue weighted by Crippen LogP contribution is -2.20. The fourth-order valence-electron chi connectivity index (χ4n) is 14.8. The molecule has 4 aromatic heterocycles. The van der Waals surface area contributed by atoms with Gasteiger partial charge in [0.15, 0.2) is 0 Å². The number of nitrogens with zero attached hydrogens (tertiary/aromatic N) is 2. The van der Waals surface area contributed by atoms with E-state index in [0.717, 1.165) is 0 Å². The van der Waals surface area contributed by atoms with E-state index in [1.165, 1.54) is 165 Å². The van der Waals surface area contributed by atoms with Crippen molar-refractivity contribution in [2.75, 3.05) is 0 Å². The van der Waals surface area contributed by atoms with Crippen LogP contribution in [0.3, 0.4) is 0 Å². The molecule has 4 heterocycles. The van der Waals surface area contributed by atoms with E-state index in [9.17, 15) is 0 Å². The van der Waals surface area contributed by atoms with Gasteiger partial charge in [0.25, 0.3) is 0 Å². The number of fused-ring (bicyclic) bond motifs is 14. The van der Waals surface area contributed by atoms with Gasteiger partial charge >= 0.3 is 0 Å². The van der Waals surface area contributed by atoms with Crippen LogP contribution < -0.4 is 0 Å². The standard InChI is InChI=1S/C82H72N2/c1-79(2,3)59-47-60(80(4,5)6)68(50-31-19-14-20-32-50)71(67(59)49-29-17-13-18-30-49)53-41-43-57-65(45-53)83-63-39-27-25-37-55(63)74-76-58-44-42-54(46-66(58)84-64-40-28-26-38-56(64)73(78(76)84)75(57)77(74)83)72-69(51-33-21-15-22-34-51)61(81(7,8)9)48-62(82(10,11)12)70(72)52-35-23-16-24-36-52/h13-48H,1-12H3. The SMILES string of the molecule is CC(C)(C)c1cc(C(C)(C)C)c(-c2ccccc2)c(-c2ccc3c4c5c6ccccc6n6c7cc(-c8c(-c9ccccc9)c(C(C)(C)C)cc(C(C)(C)C)c8-c8ccccc8)ccc7c(c7c8ccccc8n(c3c2)c74)c56)c1-c1ccccc1. The Morgan fingerprint density at radius 3 is 0.738 bits per heavy atom. The molecular formula is C82H72N2. The summed E-state index contributed by atoms with van der Waals surface area (Å²) in [5, 5.41) is 10.4.